The van der Waals surface area contributed by atoms with E-state index in [9.17, 15) is 9.59 Å². The molecule has 0 bridgehead atoms. The highest BCUT2D eigenvalue weighted by atomic mass is 35.5. The highest BCUT2D eigenvalue weighted by Crippen LogP contribution is 2.33. The van der Waals surface area contributed by atoms with Gasteiger partial charge in [0.25, 0.3) is 0 Å². The van der Waals surface area contributed by atoms with E-state index in [0.717, 1.165) is 37.9 Å². The molecule has 7 heteroatoms. The van der Waals surface area contributed by atoms with Gasteiger partial charge in [-0.25, -0.2) is 4.79 Å². The molecule has 1 atom stereocenters. The standard InChI is InChI=1S/C13H20ClN3O.C6H12O2.C2H6/c1-3-5-7-13(6-4-2)9-17-11(16-13)8-10(14)15-12(17)18;1-5(7)8-6(2,3)4;1-2/h8,16H,3-7,9H2,1-2H3;1-4H3;1-2H3. The van der Waals surface area contributed by atoms with E-state index in [4.69, 9.17) is 16.3 Å². The number of esters is 1. The van der Waals surface area contributed by atoms with Crippen LogP contribution in [0.2, 0.25) is 5.15 Å². The number of ether oxygens (including phenoxy) is 1. The SMILES string of the molecule is CC.CC(=O)OC(C)(C)C.CCCCC1(CCC)Cn2c(cc(Cl)nc2=O)N1. The van der Waals surface area contributed by atoms with Crippen molar-refractivity contribution >= 4 is 23.4 Å². The van der Waals surface area contributed by atoms with E-state index in [0.29, 0.717) is 6.54 Å². The van der Waals surface area contributed by atoms with E-state index in [1.54, 1.807) is 10.6 Å². The lowest BCUT2D eigenvalue weighted by molar-refractivity contribution is -0.151. The van der Waals surface area contributed by atoms with E-state index in [1.807, 2.05) is 34.6 Å². The monoisotopic (exact) mass is 415 g/mol. The lowest BCUT2D eigenvalue weighted by Gasteiger charge is -2.28. The molecule has 1 aliphatic rings. The van der Waals surface area contributed by atoms with E-state index >= 15 is 0 Å². The van der Waals surface area contributed by atoms with Gasteiger partial charge in [-0.2, -0.15) is 4.98 Å². The van der Waals surface area contributed by atoms with Crippen LogP contribution in [0.15, 0.2) is 10.9 Å². The molecule has 0 spiro atoms. The van der Waals surface area contributed by atoms with Crippen LogP contribution < -0.4 is 11.0 Å². The van der Waals surface area contributed by atoms with Crippen molar-refractivity contribution < 1.29 is 9.53 Å². The molecule has 2 heterocycles. The van der Waals surface area contributed by atoms with Crippen LogP contribution in [0, 0.1) is 0 Å². The first-order valence-electron chi connectivity index (χ1n) is 10.3. The molecule has 28 heavy (non-hydrogen) atoms. The van der Waals surface area contributed by atoms with Crippen molar-refractivity contribution in [1.82, 2.24) is 9.55 Å². The summed E-state index contributed by atoms with van der Waals surface area (Å²) >= 11 is 5.84. The van der Waals surface area contributed by atoms with Gasteiger partial charge in [-0.3, -0.25) is 9.36 Å². The predicted octanol–water partition coefficient (Wildman–Crippen LogP) is 5.43. The van der Waals surface area contributed by atoms with Crippen LogP contribution in [0.4, 0.5) is 5.82 Å². The minimum Gasteiger partial charge on any atom is -0.460 e. The molecule has 0 aliphatic carbocycles. The van der Waals surface area contributed by atoms with Crippen LogP contribution in [0.3, 0.4) is 0 Å². The van der Waals surface area contributed by atoms with Crippen LogP contribution in [0.25, 0.3) is 0 Å². The summed E-state index contributed by atoms with van der Waals surface area (Å²) in [5.74, 6) is 0.585. The molecule has 1 aliphatic heterocycles. The molecule has 0 saturated heterocycles. The number of anilines is 1. The van der Waals surface area contributed by atoms with Gasteiger partial charge in [0, 0.05) is 13.0 Å². The number of aromatic nitrogens is 2. The first-order valence-corrected chi connectivity index (χ1v) is 10.6. The number of halogens is 1. The van der Waals surface area contributed by atoms with E-state index < -0.39 is 0 Å². The summed E-state index contributed by atoms with van der Waals surface area (Å²) in [6, 6.07) is 1.74. The minimum atomic E-state index is -0.328. The molecule has 0 saturated carbocycles. The second-order valence-corrected chi connectivity index (χ2v) is 8.18. The van der Waals surface area contributed by atoms with Gasteiger partial charge in [0.15, 0.2) is 0 Å². The molecular formula is C21H38ClN3O3. The maximum atomic E-state index is 11.8. The van der Waals surface area contributed by atoms with Crippen LogP contribution in [-0.2, 0) is 16.1 Å². The molecule has 0 amide bonds. The lowest BCUT2D eigenvalue weighted by Crippen LogP contribution is -2.37. The zero-order valence-electron chi connectivity index (χ0n) is 18.8. The first-order chi connectivity index (χ1) is 13.0. The van der Waals surface area contributed by atoms with Crippen LogP contribution in [0.1, 0.15) is 87.5 Å². The zero-order chi connectivity index (χ0) is 22.0. The molecule has 1 N–H and O–H groups in total. The third-order valence-corrected chi connectivity index (χ3v) is 4.21. The molecule has 2 rings (SSSR count). The van der Waals surface area contributed by atoms with Gasteiger partial charge in [-0.15, -0.1) is 0 Å². The Balaban J connectivity index is 0.000000618. The second-order valence-electron chi connectivity index (χ2n) is 7.80. The highest BCUT2D eigenvalue weighted by Gasteiger charge is 2.36. The smallest absolute Gasteiger partial charge is 0.350 e. The van der Waals surface area contributed by atoms with Crippen molar-refractivity contribution in [2.75, 3.05) is 5.32 Å². The summed E-state index contributed by atoms with van der Waals surface area (Å²) in [5.41, 5.74) is -0.575. The number of nitrogens with zero attached hydrogens (tertiary/aromatic N) is 2. The van der Waals surface area contributed by atoms with Crippen LogP contribution in [0.5, 0.6) is 0 Å². The van der Waals surface area contributed by atoms with Crippen molar-refractivity contribution in [3.63, 3.8) is 0 Å². The number of unbranched alkanes of at least 4 members (excludes halogenated alkanes) is 1. The Morgan fingerprint density at radius 1 is 1.29 bits per heavy atom. The fourth-order valence-corrected chi connectivity index (χ4v) is 3.36. The molecule has 1 aromatic rings. The number of hydrogen-bond acceptors (Lipinski definition) is 5. The Morgan fingerprint density at radius 2 is 1.89 bits per heavy atom. The van der Waals surface area contributed by atoms with Crippen LogP contribution in [-0.4, -0.2) is 26.7 Å². The molecule has 1 aromatic heterocycles. The fraction of sp³-hybridized carbons (Fsp3) is 0.762. The van der Waals surface area contributed by atoms with Gasteiger partial charge in [0.05, 0.1) is 12.1 Å². The number of rotatable bonds is 5. The Bertz CT molecular complexity index is 668. The number of nitrogens with one attached hydrogen (secondary N) is 1. The van der Waals surface area contributed by atoms with Crippen molar-refractivity contribution in [3.8, 4) is 0 Å². The van der Waals surface area contributed by atoms with Gasteiger partial charge in [0.1, 0.15) is 16.6 Å². The highest BCUT2D eigenvalue weighted by molar-refractivity contribution is 6.29. The summed E-state index contributed by atoms with van der Waals surface area (Å²) in [5, 5.41) is 3.77. The Labute approximate surface area is 175 Å². The number of hydrogen-bond donors (Lipinski definition) is 1. The number of carbonyl (C=O) groups is 1. The van der Waals surface area contributed by atoms with Gasteiger partial charge in [-0.1, -0.05) is 58.6 Å². The average molecular weight is 416 g/mol. The lowest BCUT2D eigenvalue weighted by atomic mass is 9.88. The summed E-state index contributed by atoms with van der Waals surface area (Å²) < 4.78 is 6.50. The van der Waals surface area contributed by atoms with Crippen molar-refractivity contribution in [1.29, 1.82) is 0 Å². The quantitative estimate of drug-likeness (QED) is 0.513. The molecule has 0 aromatic carbocycles. The Morgan fingerprint density at radius 3 is 2.32 bits per heavy atom. The maximum absolute atomic E-state index is 11.8. The largest absolute Gasteiger partial charge is 0.460 e. The van der Waals surface area contributed by atoms with Crippen LogP contribution >= 0.6 is 11.6 Å². The zero-order valence-corrected chi connectivity index (χ0v) is 19.6. The summed E-state index contributed by atoms with van der Waals surface area (Å²) in [7, 11) is 0. The van der Waals surface area contributed by atoms with E-state index in [1.165, 1.54) is 6.92 Å². The molecule has 162 valence electrons. The first kappa shape index (κ1) is 26.4. The molecule has 0 fully saturated rings. The van der Waals surface area contributed by atoms with Gasteiger partial charge < -0.3 is 10.1 Å². The topological polar surface area (TPSA) is 73.2 Å². The van der Waals surface area contributed by atoms with Crippen molar-refractivity contribution in [3.05, 3.63) is 21.7 Å². The number of carbonyl (C=O) groups excluding carboxylic acids is 1. The fourth-order valence-electron chi connectivity index (χ4n) is 3.18. The van der Waals surface area contributed by atoms with E-state index in [-0.39, 0.29) is 28.0 Å². The summed E-state index contributed by atoms with van der Waals surface area (Å²) in [6.45, 7) is 16.0. The molecule has 0 radical (unpaired) electrons. The third-order valence-electron chi connectivity index (χ3n) is 4.02. The normalized spacial score (nSPS) is 17.3. The van der Waals surface area contributed by atoms with Crippen molar-refractivity contribution in [2.24, 2.45) is 0 Å². The molecule has 1 unspecified atom stereocenters. The summed E-state index contributed by atoms with van der Waals surface area (Å²) in [6.07, 6.45) is 5.57. The summed E-state index contributed by atoms with van der Waals surface area (Å²) in [4.78, 5) is 25.8. The Kier molecular flexibility index (Phi) is 11.4. The molecular weight excluding hydrogens is 378 g/mol. The minimum absolute atomic E-state index is 0.00326. The predicted molar refractivity (Wildman–Crippen MR) is 117 cm³/mol. The van der Waals surface area contributed by atoms with Crippen molar-refractivity contribution in [2.45, 2.75) is 105 Å². The van der Waals surface area contributed by atoms with Gasteiger partial charge in [-0.05, 0) is 33.6 Å². The van der Waals surface area contributed by atoms with Gasteiger partial charge >= 0.3 is 11.7 Å². The molecule has 6 nitrogen and oxygen atoms in total. The number of fused-ring (bicyclic) bond motifs is 1. The Hall–Kier alpha value is -1.56. The third kappa shape index (κ3) is 9.09. The van der Waals surface area contributed by atoms with E-state index in [2.05, 4.69) is 24.1 Å². The second kappa shape index (κ2) is 12.1. The average Bonchev–Trinajstić information content (AvgIpc) is 2.92. The van der Waals surface area contributed by atoms with Gasteiger partial charge in [0.2, 0.25) is 0 Å². The maximum Gasteiger partial charge on any atom is 0.350 e.